The van der Waals surface area contributed by atoms with E-state index >= 15 is 0 Å². The van der Waals surface area contributed by atoms with Gasteiger partial charge in [-0.1, -0.05) is 65.3 Å². The Morgan fingerprint density at radius 1 is 0.867 bits per heavy atom. The van der Waals surface area contributed by atoms with Crippen molar-refractivity contribution < 1.29 is 14.7 Å². The van der Waals surface area contributed by atoms with Crippen molar-refractivity contribution in [2.45, 2.75) is 105 Å². The van der Waals surface area contributed by atoms with Crippen molar-refractivity contribution in [3.63, 3.8) is 0 Å². The summed E-state index contributed by atoms with van der Waals surface area (Å²) in [6.45, 7) is 13.4. The average Bonchev–Trinajstić information content (AvgIpc) is 3.46. The Morgan fingerprint density at radius 3 is 2.36 bits per heavy atom. The van der Waals surface area contributed by atoms with Gasteiger partial charge in [0, 0.05) is 18.9 Å². The molecule has 1 heterocycles. The fourth-order valence-electron chi connectivity index (χ4n) is 12.7. The van der Waals surface area contributed by atoms with Gasteiger partial charge in [-0.05, 0) is 138 Å². The molecule has 5 aliphatic carbocycles. The van der Waals surface area contributed by atoms with E-state index < -0.39 is 5.97 Å². The first-order valence-electron chi connectivity index (χ1n) is 17.6. The van der Waals surface area contributed by atoms with Crippen LogP contribution in [-0.4, -0.2) is 22.0 Å². The summed E-state index contributed by atoms with van der Waals surface area (Å²) in [4.78, 5) is 29.8. The van der Waals surface area contributed by atoms with Gasteiger partial charge in [-0.15, -0.1) is 0 Å². The normalized spacial score (nSPS) is 39.8. The Morgan fingerprint density at radius 2 is 1.64 bits per heavy atom. The fraction of sp³-hybridized carbons (Fsp3) is 0.625. The van der Waals surface area contributed by atoms with Gasteiger partial charge in [0.25, 0.3) is 0 Å². The Labute approximate surface area is 269 Å². The summed E-state index contributed by atoms with van der Waals surface area (Å²) < 4.78 is 0. The Balaban J connectivity index is 1.16. The van der Waals surface area contributed by atoms with Crippen LogP contribution in [-0.2, 0) is 11.3 Å². The number of amides is 1. The van der Waals surface area contributed by atoms with Crippen LogP contribution in [0.4, 0.5) is 0 Å². The van der Waals surface area contributed by atoms with Gasteiger partial charge < -0.3 is 10.4 Å². The fourth-order valence-corrected chi connectivity index (χ4v) is 12.7. The predicted octanol–water partition coefficient (Wildman–Crippen LogP) is 8.94. The molecule has 1 aromatic carbocycles. The second kappa shape index (κ2) is 10.5. The molecule has 7 unspecified atom stereocenters. The van der Waals surface area contributed by atoms with Crippen molar-refractivity contribution in [2.24, 2.45) is 50.7 Å². The van der Waals surface area contributed by atoms with Crippen molar-refractivity contribution >= 4 is 17.4 Å². The van der Waals surface area contributed by atoms with Crippen LogP contribution in [0, 0.1) is 50.7 Å². The second-order valence-electron chi connectivity index (χ2n) is 16.8. The molecule has 2 N–H and O–H groups in total. The molecule has 45 heavy (non-hydrogen) atoms. The molecule has 0 saturated heterocycles. The Bertz CT molecular complexity index is 1510. The Kier molecular flexibility index (Phi) is 7.19. The highest BCUT2D eigenvalue weighted by molar-refractivity contribution is 5.88. The molecule has 0 aliphatic heterocycles. The maximum atomic E-state index is 14.1. The van der Waals surface area contributed by atoms with Crippen molar-refractivity contribution in [1.82, 2.24) is 10.3 Å². The number of nitrogens with zero attached hydrogens (tertiary/aromatic N) is 1. The average molecular weight is 609 g/mol. The molecule has 5 nitrogen and oxygen atoms in total. The second-order valence-corrected chi connectivity index (χ2v) is 16.8. The van der Waals surface area contributed by atoms with E-state index in [-0.39, 0.29) is 27.1 Å². The first-order valence-corrected chi connectivity index (χ1v) is 17.6. The van der Waals surface area contributed by atoms with Crippen LogP contribution in [0.15, 0.2) is 54.9 Å². The number of nitrogens with one attached hydrogen (secondary N) is 1. The van der Waals surface area contributed by atoms with Gasteiger partial charge in [0.05, 0.1) is 11.0 Å². The molecular weight excluding hydrogens is 556 g/mol. The number of carboxylic acids is 1. The lowest BCUT2D eigenvalue weighted by atomic mass is 9.32. The van der Waals surface area contributed by atoms with Crippen LogP contribution in [0.25, 0.3) is 5.57 Å². The van der Waals surface area contributed by atoms with Crippen LogP contribution < -0.4 is 5.32 Å². The lowest BCUT2D eigenvalue weighted by molar-refractivity contribution is -0.222. The minimum atomic E-state index is -0.871. The first kappa shape index (κ1) is 30.7. The van der Waals surface area contributed by atoms with Crippen molar-refractivity contribution in [1.29, 1.82) is 0 Å². The van der Waals surface area contributed by atoms with E-state index in [2.05, 4.69) is 51.0 Å². The van der Waals surface area contributed by atoms with Crippen LogP contribution in [0.3, 0.4) is 0 Å². The highest BCUT2D eigenvalue weighted by atomic mass is 16.4. The maximum Gasteiger partial charge on any atom is 0.335 e. The summed E-state index contributed by atoms with van der Waals surface area (Å²) in [5.74, 6) is 1.75. The lowest BCUT2D eigenvalue weighted by Gasteiger charge is -2.72. The summed E-state index contributed by atoms with van der Waals surface area (Å²) in [7, 11) is 0. The molecular formula is C40H52N2O3. The highest BCUT2D eigenvalue weighted by Crippen LogP contribution is 2.77. The third-order valence-corrected chi connectivity index (χ3v) is 15.0. The van der Waals surface area contributed by atoms with E-state index in [1.807, 2.05) is 30.5 Å². The number of rotatable bonds is 5. The summed E-state index contributed by atoms with van der Waals surface area (Å²) in [5.41, 5.74) is 4.49. The lowest BCUT2D eigenvalue weighted by Crippen LogP contribution is -2.65. The zero-order valence-electron chi connectivity index (χ0n) is 28.0. The molecule has 240 valence electrons. The molecule has 0 radical (unpaired) electrons. The topological polar surface area (TPSA) is 79.3 Å². The number of benzene rings is 1. The molecule has 5 heteroatoms. The highest BCUT2D eigenvalue weighted by Gasteiger charge is 2.70. The number of allylic oxidation sites excluding steroid dienone is 2. The third kappa shape index (κ3) is 4.34. The number of pyridine rings is 1. The van der Waals surface area contributed by atoms with Crippen molar-refractivity contribution in [3.05, 3.63) is 71.6 Å². The summed E-state index contributed by atoms with van der Waals surface area (Å²) in [6.07, 6.45) is 17.8. The number of fused-ring (bicyclic) bond motifs is 7. The number of aromatic nitrogens is 1. The molecule has 5 aliphatic rings. The summed E-state index contributed by atoms with van der Waals surface area (Å²) in [5, 5.41) is 12.8. The monoisotopic (exact) mass is 608 g/mol. The molecule has 0 bridgehead atoms. The van der Waals surface area contributed by atoms with Gasteiger partial charge in [0.2, 0.25) is 5.91 Å². The molecule has 1 aromatic heterocycles. The quantitative estimate of drug-likeness (QED) is 0.355. The number of carboxylic acid groups (broad SMARTS) is 1. The molecule has 8 atom stereocenters. The predicted molar refractivity (Wildman–Crippen MR) is 178 cm³/mol. The third-order valence-electron chi connectivity index (χ3n) is 15.0. The number of carbonyl (C=O) groups excluding carboxylic acids is 1. The maximum absolute atomic E-state index is 14.1. The van der Waals surface area contributed by atoms with E-state index in [4.69, 9.17) is 0 Å². The first-order chi connectivity index (χ1) is 21.4. The number of hydrogen-bond acceptors (Lipinski definition) is 3. The standard InChI is InChI=1S/C40H52N2O3/c1-36(2)29(27-10-12-28(13-11-27)34(43)44)16-19-37(3)32(36)17-20-39(5)33(37)15-14-30-31-9-6-18-40(31,22-21-38(30,39)4)35(45)42-25-26-8-7-23-41-24-26/h7-8,10-13,16,23-24,30-33H,6,9,14-15,17-22,25H2,1-5H3,(H,42,45)(H,43,44)/t30?,31?,32?,33?,37?,38-,39?,40?/m1/s1. The Hall–Kier alpha value is -2.95. The van der Waals surface area contributed by atoms with E-state index in [1.165, 1.54) is 49.7 Å². The number of hydrogen-bond donors (Lipinski definition) is 2. The van der Waals surface area contributed by atoms with Crippen LogP contribution in [0.1, 0.15) is 120 Å². The number of carbonyl (C=O) groups is 2. The van der Waals surface area contributed by atoms with Crippen molar-refractivity contribution in [2.75, 3.05) is 0 Å². The van der Waals surface area contributed by atoms with Crippen LogP contribution in [0.2, 0.25) is 0 Å². The summed E-state index contributed by atoms with van der Waals surface area (Å²) in [6, 6.07) is 11.5. The van der Waals surface area contributed by atoms with Gasteiger partial charge in [0.15, 0.2) is 0 Å². The van der Waals surface area contributed by atoms with Gasteiger partial charge in [-0.2, -0.15) is 0 Å². The van der Waals surface area contributed by atoms with Crippen molar-refractivity contribution in [3.8, 4) is 0 Å². The van der Waals surface area contributed by atoms with E-state index in [0.717, 1.165) is 31.2 Å². The molecule has 2 aromatic rings. The summed E-state index contributed by atoms with van der Waals surface area (Å²) >= 11 is 0. The molecule has 4 saturated carbocycles. The minimum absolute atomic E-state index is 0.0103. The molecule has 0 spiro atoms. The smallest absolute Gasteiger partial charge is 0.335 e. The SMILES string of the molecule is CC1(C)C(c2ccc(C(=O)O)cc2)=CCC2(C)C1CCC1(C)C2CCC2C3CCCC3(C(=O)NCc3cccnc3)CC[C@]21C. The molecule has 4 fully saturated rings. The van der Waals surface area contributed by atoms with Gasteiger partial charge in [0.1, 0.15) is 0 Å². The molecule has 1 amide bonds. The van der Waals surface area contributed by atoms with Crippen LogP contribution >= 0.6 is 0 Å². The zero-order valence-corrected chi connectivity index (χ0v) is 28.0. The minimum Gasteiger partial charge on any atom is -0.478 e. The van der Waals surface area contributed by atoms with E-state index in [0.29, 0.717) is 41.7 Å². The van der Waals surface area contributed by atoms with E-state index in [9.17, 15) is 14.7 Å². The van der Waals surface area contributed by atoms with E-state index in [1.54, 1.807) is 18.3 Å². The zero-order chi connectivity index (χ0) is 31.8. The largest absolute Gasteiger partial charge is 0.478 e. The van der Waals surface area contributed by atoms with Gasteiger partial charge in [-0.3, -0.25) is 9.78 Å². The van der Waals surface area contributed by atoms with Gasteiger partial charge >= 0.3 is 5.97 Å². The number of aromatic carboxylic acids is 1. The van der Waals surface area contributed by atoms with Gasteiger partial charge in [-0.25, -0.2) is 4.79 Å². The molecule has 7 rings (SSSR count). The van der Waals surface area contributed by atoms with Crippen LogP contribution in [0.5, 0.6) is 0 Å².